The maximum absolute atomic E-state index is 13.3. The van der Waals surface area contributed by atoms with Gasteiger partial charge in [0.2, 0.25) is 11.8 Å². The predicted molar refractivity (Wildman–Crippen MR) is 127 cm³/mol. The zero-order valence-electron chi connectivity index (χ0n) is 18.7. The molecule has 0 aliphatic carbocycles. The molecule has 31 heavy (non-hydrogen) atoms. The van der Waals surface area contributed by atoms with Gasteiger partial charge >= 0.3 is 0 Å². The second kappa shape index (κ2) is 10.8. The van der Waals surface area contributed by atoms with Crippen molar-refractivity contribution in [3.05, 3.63) is 83.9 Å². The molecule has 3 aromatic rings. The van der Waals surface area contributed by atoms with Crippen LogP contribution < -0.4 is 5.32 Å². The van der Waals surface area contributed by atoms with Gasteiger partial charge in [-0.15, -0.1) is 0 Å². The van der Waals surface area contributed by atoms with E-state index in [1.54, 1.807) is 4.90 Å². The molecule has 0 bridgehead atoms. The van der Waals surface area contributed by atoms with E-state index in [1.807, 2.05) is 55.5 Å². The van der Waals surface area contributed by atoms with Crippen LogP contribution in [0.1, 0.15) is 38.3 Å². The molecular formula is C27H32N2O2. The van der Waals surface area contributed by atoms with E-state index >= 15 is 0 Å². The van der Waals surface area contributed by atoms with E-state index in [0.29, 0.717) is 31.8 Å². The SMILES string of the molecule is CC(C)CNC(=O)[C@H](C)N(Cc1ccccc1)C(=O)CCc1cccc2ccccc12. The van der Waals surface area contributed by atoms with Gasteiger partial charge in [0.1, 0.15) is 6.04 Å². The topological polar surface area (TPSA) is 49.4 Å². The Morgan fingerprint density at radius 1 is 0.871 bits per heavy atom. The molecule has 3 rings (SSSR count). The number of hydrogen-bond donors (Lipinski definition) is 1. The molecule has 162 valence electrons. The number of rotatable bonds is 9. The quantitative estimate of drug-likeness (QED) is 0.536. The number of hydrogen-bond acceptors (Lipinski definition) is 2. The van der Waals surface area contributed by atoms with Crippen LogP contribution in [0.3, 0.4) is 0 Å². The van der Waals surface area contributed by atoms with Crippen LogP contribution in [-0.4, -0.2) is 29.3 Å². The van der Waals surface area contributed by atoms with Crippen LogP contribution in [0.5, 0.6) is 0 Å². The Morgan fingerprint density at radius 2 is 1.55 bits per heavy atom. The molecule has 4 heteroatoms. The van der Waals surface area contributed by atoms with Crippen LogP contribution in [0.15, 0.2) is 72.8 Å². The first-order chi connectivity index (χ1) is 15.0. The third-order valence-electron chi connectivity index (χ3n) is 5.54. The molecule has 0 aromatic heterocycles. The summed E-state index contributed by atoms with van der Waals surface area (Å²) in [5, 5.41) is 5.32. The highest BCUT2D eigenvalue weighted by atomic mass is 16.2. The number of aryl methyl sites for hydroxylation is 1. The number of nitrogens with zero attached hydrogens (tertiary/aromatic N) is 1. The van der Waals surface area contributed by atoms with E-state index in [9.17, 15) is 9.59 Å². The van der Waals surface area contributed by atoms with E-state index < -0.39 is 6.04 Å². The maximum Gasteiger partial charge on any atom is 0.242 e. The Hall–Kier alpha value is -3.14. The molecule has 2 amide bonds. The molecule has 3 aromatic carbocycles. The molecule has 0 unspecified atom stereocenters. The second-order valence-corrected chi connectivity index (χ2v) is 8.46. The van der Waals surface area contributed by atoms with Gasteiger partial charge in [0.15, 0.2) is 0 Å². The number of amides is 2. The van der Waals surface area contributed by atoms with Crippen molar-refractivity contribution in [2.75, 3.05) is 6.54 Å². The van der Waals surface area contributed by atoms with Crippen LogP contribution in [-0.2, 0) is 22.6 Å². The molecule has 0 fully saturated rings. The summed E-state index contributed by atoms with van der Waals surface area (Å²) in [4.78, 5) is 27.7. The smallest absolute Gasteiger partial charge is 0.242 e. The summed E-state index contributed by atoms with van der Waals surface area (Å²) in [7, 11) is 0. The van der Waals surface area contributed by atoms with Crippen LogP contribution in [0, 0.1) is 5.92 Å². The Kier molecular flexibility index (Phi) is 7.82. The number of benzene rings is 3. The third-order valence-corrected chi connectivity index (χ3v) is 5.54. The van der Waals surface area contributed by atoms with Crippen LogP contribution in [0.2, 0.25) is 0 Å². The number of carbonyl (C=O) groups is 2. The van der Waals surface area contributed by atoms with Crippen molar-refractivity contribution in [1.82, 2.24) is 10.2 Å². The Bertz CT molecular complexity index is 1010. The first kappa shape index (κ1) is 22.5. The minimum Gasteiger partial charge on any atom is -0.354 e. The van der Waals surface area contributed by atoms with E-state index in [-0.39, 0.29) is 11.8 Å². The van der Waals surface area contributed by atoms with Crippen molar-refractivity contribution in [2.45, 2.75) is 46.2 Å². The lowest BCUT2D eigenvalue weighted by molar-refractivity contribution is -0.140. The molecule has 0 aliphatic heterocycles. The average Bonchev–Trinajstić information content (AvgIpc) is 2.79. The molecule has 0 saturated carbocycles. The minimum atomic E-state index is -0.529. The molecule has 0 heterocycles. The normalized spacial score (nSPS) is 12.0. The Balaban J connectivity index is 1.75. The fraction of sp³-hybridized carbons (Fsp3) is 0.333. The van der Waals surface area contributed by atoms with Gasteiger partial charge < -0.3 is 10.2 Å². The van der Waals surface area contributed by atoms with Crippen LogP contribution in [0.4, 0.5) is 0 Å². The highest BCUT2D eigenvalue weighted by molar-refractivity contribution is 5.88. The summed E-state index contributed by atoms with van der Waals surface area (Å²) in [6.07, 6.45) is 1.01. The van der Waals surface area contributed by atoms with Gasteiger partial charge in [0.05, 0.1) is 0 Å². The lowest BCUT2D eigenvalue weighted by atomic mass is 10.0. The standard InChI is InChI=1S/C27H32N2O2/c1-20(2)18-28-27(31)21(3)29(19-22-10-5-4-6-11-22)26(30)17-16-24-14-9-13-23-12-7-8-15-25(23)24/h4-15,20-21H,16-19H2,1-3H3,(H,28,31)/t21-/m0/s1. The van der Waals surface area contributed by atoms with Gasteiger partial charge in [-0.1, -0.05) is 86.6 Å². The summed E-state index contributed by atoms with van der Waals surface area (Å²) >= 11 is 0. The van der Waals surface area contributed by atoms with Gasteiger partial charge in [-0.05, 0) is 41.2 Å². The molecule has 0 aliphatic rings. The molecule has 1 atom stereocenters. The summed E-state index contributed by atoms with van der Waals surface area (Å²) in [5.41, 5.74) is 2.17. The van der Waals surface area contributed by atoms with E-state index in [4.69, 9.17) is 0 Å². The van der Waals surface area contributed by atoms with Gasteiger partial charge in [-0.3, -0.25) is 9.59 Å². The van der Waals surface area contributed by atoms with Crippen molar-refractivity contribution >= 4 is 22.6 Å². The van der Waals surface area contributed by atoms with Crippen molar-refractivity contribution < 1.29 is 9.59 Å². The van der Waals surface area contributed by atoms with Crippen molar-refractivity contribution in [3.8, 4) is 0 Å². The summed E-state index contributed by atoms with van der Waals surface area (Å²) < 4.78 is 0. The largest absolute Gasteiger partial charge is 0.354 e. The zero-order chi connectivity index (χ0) is 22.2. The lowest BCUT2D eigenvalue weighted by Gasteiger charge is -2.29. The molecule has 0 saturated heterocycles. The van der Waals surface area contributed by atoms with Crippen molar-refractivity contribution in [1.29, 1.82) is 0 Å². The van der Waals surface area contributed by atoms with Gasteiger partial charge in [-0.25, -0.2) is 0 Å². The van der Waals surface area contributed by atoms with E-state index in [1.165, 1.54) is 10.8 Å². The predicted octanol–water partition coefficient (Wildman–Crippen LogP) is 4.96. The molecule has 0 spiro atoms. The second-order valence-electron chi connectivity index (χ2n) is 8.46. The molecular weight excluding hydrogens is 384 g/mol. The summed E-state index contributed by atoms with van der Waals surface area (Å²) in [5.74, 6) is 0.243. The Labute approximate surface area is 185 Å². The minimum absolute atomic E-state index is 0.0102. The first-order valence-corrected chi connectivity index (χ1v) is 11.0. The zero-order valence-corrected chi connectivity index (χ0v) is 18.7. The Morgan fingerprint density at radius 3 is 2.29 bits per heavy atom. The summed E-state index contributed by atoms with van der Waals surface area (Å²) in [6.45, 7) is 6.95. The van der Waals surface area contributed by atoms with Crippen molar-refractivity contribution in [2.24, 2.45) is 5.92 Å². The fourth-order valence-electron chi connectivity index (χ4n) is 3.71. The average molecular weight is 417 g/mol. The first-order valence-electron chi connectivity index (χ1n) is 11.0. The van der Waals surface area contributed by atoms with E-state index in [0.717, 1.165) is 11.1 Å². The molecule has 4 nitrogen and oxygen atoms in total. The van der Waals surface area contributed by atoms with Gasteiger partial charge in [0.25, 0.3) is 0 Å². The monoisotopic (exact) mass is 416 g/mol. The number of nitrogens with one attached hydrogen (secondary N) is 1. The maximum atomic E-state index is 13.3. The third kappa shape index (κ3) is 6.17. The summed E-state index contributed by atoms with van der Waals surface area (Å²) in [6, 6.07) is 23.7. The number of fused-ring (bicyclic) bond motifs is 1. The van der Waals surface area contributed by atoms with E-state index in [2.05, 4.69) is 43.4 Å². The van der Waals surface area contributed by atoms with Crippen LogP contribution in [0.25, 0.3) is 10.8 Å². The van der Waals surface area contributed by atoms with Crippen LogP contribution >= 0.6 is 0 Å². The molecule has 0 radical (unpaired) electrons. The number of carbonyl (C=O) groups excluding carboxylic acids is 2. The fourth-order valence-corrected chi connectivity index (χ4v) is 3.71. The highest BCUT2D eigenvalue weighted by Gasteiger charge is 2.26. The lowest BCUT2D eigenvalue weighted by Crippen LogP contribution is -2.48. The van der Waals surface area contributed by atoms with Gasteiger partial charge in [0, 0.05) is 19.5 Å². The highest BCUT2D eigenvalue weighted by Crippen LogP contribution is 2.21. The van der Waals surface area contributed by atoms with Crippen molar-refractivity contribution in [3.63, 3.8) is 0 Å². The molecule has 1 N–H and O–H groups in total. The van der Waals surface area contributed by atoms with Gasteiger partial charge in [-0.2, -0.15) is 0 Å².